The molecule has 0 unspecified atom stereocenters. The van der Waals surface area contributed by atoms with Crippen molar-refractivity contribution in [2.75, 3.05) is 11.9 Å². The van der Waals surface area contributed by atoms with Gasteiger partial charge >= 0.3 is 0 Å². The lowest BCUT2D eigenvalue weighted by molar-refractivity contribution is -0.118. The molecular formula is C19H22N4O2. The fourth-order valence-corrected chi connectivity index (χ4v) is 3.24. The zero-order chi connectivity index (χ0) is 17.5. The van der Waals surface area contributed by atoms with Crippen molar-refractivity contribution in [3.05, 3.63) is 41.6 Å². The minimum absolute atomic E-state index is 0.163. The van der Waals surface area contributed by atoms with E-state index in [1.165, 1.54) is 32.1 Å². The number of aromatic amines is 1. The molecular weight excluding hydrogens is 316 g/mol. The van der Waals surface area contributed by atoms with Gasteiger partial charge in [0.25, 0.3) is 5.91 Å². The second-order valence-electron chi connectivity index (χ2n) is 6.43. The van der Waals surface area contributed by atoms with Crippen LogP contribution in [0.15, 0.2) is 30.3 Å². The molecule has 6 heteroatoms. The number of nitrogens with zero attached hydrogens (tertiary/aromatic N) is 2. The summed E-state index contributed by atoms with van der Waals surface area (Å²) in [6.07, 6.45) is 7.48. The van der Waals surface area contributed by atoms with Gasteiger partial charge in [-0.3, -0.25) is 9.89 Å². The molecule has 3 rings (SSSR count). The number of nitrogens with one attached hydrogen (secondary N) is 2. The third-order valence-corrected chi connectivity index (χ3v) is 4.50. The number of ether oxygens (including phenoxy) is 1. The van der Waals surface area contributed by atoms with Crippen LogP contribution in [0.1, 0.15) is 43.4 Å². The van der Waals surface area contributed by atoms with Gasteiger partial charge in [-0.2, -0.15) is 10.4 Å². The number of benzene rings is 1. The Hall–Kier alpha value is -2.81. The summed E-state index contributed by atoms with van der Waals surface area (Å²) in [6, 6.07) is 10.8. The van der Waals surface area contributed by atoms with Crippen LogP contribution in [0, 0.1) is 17.2 Å². The van der Waals surface area contributed by atoms with Crippen LogP contribution in [0.2, 0.25) is 0 Å². The van der Waals surface area contributed by atoms with E-state index in [1.807, 2.05) is 12.1 Å². The summed E-state index contributed by atoms with van der Waals surface area (Å²) in [7, 11) is 0. The molecule has 1 aromatic heterocycles. The lowest BCUT2D eigenvalue weighted by Gasteiger charge is -2.20. The molecule has 0 saturated heterocycles. The first-order valence-corrected chi connectivity index (χ1v) is 8.70. The van der Waals surface area contributed by atoms with Crippen molar-refractivity contribution >= 4 is 11.7 Å². The van der Waals surface area contributed by atoms with Crippen molar-refractivity contribution in [1.82, 2.24) is 10.2 Å². The summed E-state index contributed by atoms with van der Waals surface area (Å²) in [5, 5.41) is 18.9. The van der Waals surface area contributed by atoms with Gasteiger partial charge in [-0.25, -0.2) is 0 Å². The van der Waals surface area contributed by atoms with Crippen LogP contribution in [-0.2, 0) is 11.2 Å². The Morgan fingerprint density at radius 3 is 2.92 bits per heavy atom. The van der Waals surface area contributed by atoms with Gasteiger partial charge in [-0.05, 0) is 24.5 Å². The highest BCUT2D eigenvalue weighted by Crippen LogP contribution is 2.26. The first-order valence-electron chi connectivity index (χ1n) is 8.70. The lowest BCUT2D eigenvalue weighted by atomic mass is 9.86. The number of rotatable bonds is 6. The molecule has 6 nitrogen and oxygen atoms in total. The second-order valence-corrected chi connectivity index (χ2v) is 6.43. The molecule has 25 heavy (non-hydrogen) atoms. The van der Waals surface area contributed by atoms with Crippen molar-refractivity contribution < 1.29 is 9.53 Å². The lowest BCUT2D eigenvalue weighted by Crippen LogP contribution is -2.20. The monoisotopic (exact) mass is 338 g/mol. The van der Waals surface area contributed by atoms with Crippen LogP contribution in [0.25, 0.3) is 0 Å². The third kappa shape index (κ3) is 4.83. The van der Waals surface area contributed by atoms with E-state index < -0.39 is 0 Å². The van der Waals surface area contributed by atoms with Gasteiger partial charge in [0.05, 0.1) is 5.56 Å². The van der Waals surface area contributed by atoms with Crippen molar-refractivity contribution in [2.45, 2.75) is 38.5 Å². The average molecular weight is 338 g/mol. The van der Waals surface area contributed by atoms with Crippen molar-refractivity contribution in [2.24, 2.45) is 5.92 Å². The topological polar surface area (TPSA) is 90.8 Å². The van der Waals surface area contributed by atoms with E-state index in [2.05, 4.69) is 15.5 Å². The van der Waals surface area contributed by atoms with Gasteiger partial charge in [0, 0.05) is 11.8 Å². The Labute approximate surface area is 147 Å². The molecule has 1 aliphatic rings. The minimum Gasteiger partial charge on any atom is -0.482 e. The fourth-order valence-electron chi connectivity index (χ4n) is 3.24. The molecule has 0 atom stereocenters. The van der Waals surface area contributed by atoms with E-state index >= 15 is 0 Å². The van der Waals surface area contributed by atoms with Crippen molar-refractivity contribution in [1.29, 1.82) is 5.26 Å². The Balaban J connectivity index is 1.49. The zero-order valence-corrected chi connectivity index (χ0v) is 14.1. The smallest absolute Gasteiger partial charge is 0.263 e. The van der Waals surface area contributed by atoms with Crippen LogP contribution >= 0.6 is 0 Å². The molecule has 130 valence electrons. The number of amides is 1. The highest BCUT2D eigenvalue weighted by atomic mass is 16.5. The summed E-state index contributed by atoms with van der Waals surface area (Å²) >= 11 is 0. The van der Waals surface area contributed by atoms with E-state index in [4.69, 9.17) is 10.00 Å². The quantitative estimate of drug-likeness (QED) is 0.844. The van der Waals surface area contributed by atoms with Crippen molar-refractivity contribution in [3.63, 3.8) is 0 Å². The molecule has 1 fully saturated rings. The predicted octanol–water partition coefficient (Wildman–Crippen LogP) is 3.42. The largest absolute Gasteiger partial charge is 0.482 e. The Morgan fingerprint density at radius 2 is 2.12 bits per heavy atom. The third-order valence-electron chi connectivity index (χ3n) is 4.50. The number of hydrogen-bond acceptors (Lipinski definition) is 4. The number of hydrogen-bond donors (Lipinski definition) is 2. The molecule has 0 spiro atoms. The van der Waals surface area contributed by atoms with Gasteiger partial charge in [0.2, 0.25) is 0 Å². The average Bonchev–Trinajstić information content (AvgIpc) is 3.07. The first kappa shape index (κ1) is 17.0. The van der Waals surface area contributed by atoms with E-state index in [0.29, 0.717) is 23.0 Å². The van der Waals surface area contributed by atoms with Gasteiger partial charge in [-0.15, -0.1) is 0 Å². The van der Waals surface area contributed by atoms with E-state index in [9.17, 15) is 4.79 Å². The van der Waals surface area contributed by atoms with E-state index in [1.54, 1.807) is 24.3 Å². The summed E-state index contributed by atoms with van der Waals surface area (Å²) in [5.74, 6) is 1.32. The molecule has 1 aliphatic carbocycles. The standard InChI is InChI=1S/C19H22N4O2/c20-12-15-8-4-5-9-17(15)25-13-19(24)21-18-11-16(22-23-18)10-14-6-2-1-3-7-14/h4-5,8-9,11,14H,1-3,6-7,10,13H2,(H2,21,22,23,24). The first-order chi connectivity index (χ1) is 12.2. The highest BCUT2D eigenvalue weighted by Gasteiger charge is 2.15. The number of H-pyrrole nitrogens is 1. The number of carbonyl (C=O) groups is 1. The van der Waals surface area contributed by atoms with Gasteiger partial charge in [0.1, 0.15) is 11.8 Å². The molecule has 2 N–H and O–H groups in total. The fraction of sp³-hybridized carbons (Fsp3) is 0.421. The van der Waals surface area contributed by atoms with Crippen LogP contribution in [0.5, 0.6) is 5.75 Å². The van der Waals surface area contributed by atoms with E-state index in [-0.39, 0.29) is 12.5 Å². The number of para-hydroxylation sites is 1. The Kier molecular flexibility index (Phi) is 5.68. The predicted molar refractivity (Wildman–Crippen MR) is 94.1 cm³/mol. The molecule has 1 aromatic carbocycles. The van der Waals surface area contributed by atoms with Crippen LogP contribution in [0.3, 0.4) is 0 Å². The highest BCUT2D eigenvalue weighted by molar-refractivity contribution is 5.91. The summed E-state index contributed by atoms with van der Waals surface area (Å²) in [4.78, 5) is 12.0. The molecule has 0 radical (unpaired) electrons. The summed E-state index contributed by atoms with van der Waals surface area (Å²) in [6.45, 7) is -0.163. The number of anilines is 1. The second kappa shape index (κ2) is 8.34. The maximum absolute atomic E-state index is 12.0. The van der Waals surface area contributed by atoms with Gasteiger partial charge < -0.3 is 10.1 Å². The maximum Gasteiger partial charge on any atom is 0.263 e. The van der Waals surface area contributed by atoms with Gasteiger partial charge in [-0.1, -0.05) is 44.2 Å². The van der Waals surface area contributed by atoms with Crippen LogP contribution < -0.4 is 10.1 Å². The maximum atomic E-state index is 12.0. The Morgan fingerprint density at radius 1 is 1.32 bits per heavy atom. The normalized spacial score (nSPS) is 14.7. The molecule has 2 aromatic rings. The summed E-state index contributed by atoms with van der Waals surface area (Å²) < 4.78 is 5.42. The van der Waals surface area contributed by atoms with Crippen LogP contribution in [-0.4, -0.2) is 22.7 Å². The molecule has 0 aliphatic heterocycles. The molecule has 1 saturated carbocycles. The molecule has 1 amide bonds. The number of carbonyl (C=O) groups excluding carboxylic acids is 1. The number of aromatic nitrogens is 2. The number of nitriles is 1. The minimum atomic E-state index is -0.302. The SMILES string of the molecule is N#Cc1ccccc1OCC(=O)Nc1cc(CC2CCCCC2)[nH]n1. The molecule has 1 heterocycles. The zero-order valence-electron chi connectivity index (χ0n) is 14.1. The summed E-state index contributed by atoms with van der Waals surface area (Å²) in [5.41, 5.74) is 1.46. The van der Waals surface area contributed by atoms with Crippen LogP contribution in [0.4, 0.5) is 5.82 Å². The van der Waals surface area contributed by atoms with E-state index in [0.717, 1.165) is 12.1 Å². The van der Waals surface area contributed by atoms with Crippen molar-refractivity contribution in [3.8, 4) is 11.8 Å². The Bertz CT molecular complexity index is 757. The molecule has 0 bridgehead atoms. The van der Waals surface area contributed by atoms with Gasteiger partial charge in [0.15, 0.2) is 12.4 Å².